The highest BCUT2D eigenvalue weighted by molar-refractivity contribution is 6.06. The zero-order valence-corrected chi connectivity index (χ0v) is 6.04. The lowest BCUT2D eigenvalue weighted by Crippen LogP contribution is -2.44. The maximum Gasteiger partial charge on any atom is 0.237 e. The van der Waals surface area contributed by atoms with Crippen molar-refractivity contribution in [2.75, 3.05) is 0 Å². The Hall–Kier alpha value is -1.32. The second kappa shape index (κ2) is 2.38. The number of carbonyl (C=O) groups is 2. The summed E-state index contributed by atoms with van der Waals surface area (Å²) in [5.41, 5.74) is 8.88. The molecule has 0 aromatic carbocycles. The molecule has 0 aromatic rings. The summed E-state index contributed by atoms with van der Waals surface area (Å²) >= 11 is 0. The van der Waals surface area contributed by atoms with Gasteiger partial charge in [-0.1, -0.05) is 12.2 Å². The van der Waals surface area contributed by atoms with Crippen LogP contribution in [0.5, 0.6) is 0 Å². The summed E-state index contributed by atoms with van der Waals surface area (Å²) < 4.78 is 0. The molecule has 0 atom stereocenters. The van der Waals surface area contributed by atoms with Crippen molar-refractivity contribution in [3.05, 3.63) is 12.2 Å². The number of hydrogen-bond donors (Lipinski definition) is 2. The Morgan fingerprint density at radius 3 is 2.00 bits per heavy atom. The summed E-state index contributed by atoms with van der Waals surface area (Å²) in [6.07, 6.45) is 4.34. The van der Waals surface area contributed by atoms with Crippen LogP contribution >= 0.6 is 0 Å². The number of rotatable bonds is 2. The van der Waals surface area contributed by atoms with Crippen molar-refractivity contribution in [3.63, 3.8) is 0 Å². The molecule has 0 radical (unpaired) electrons. The van der Waals surface area contributed by atoms with E-state index < -0.39 is 17.2 Å². The van der Waals surface area contributed by atoms with Crippen LogP contribution in [-0.2, 0) is 9.59 Å². The maximum absolute atomic E-state index is 10.8. The first-order chi connectivity index (χ1) is 5.09. The van der Waals surface area contributed by atoms with E-state index in [2.05, 4.69) is 0 Å². The van der Waals surface area contributed by atoms with Gasteiger partial charge in [0, 0.05) is 0 Å². The van der Waals surface area contributed by atoms with E-state index >= 15 is 0 Å². The number of primary amides is 2. The minimum Gasteiger partial charge on any atom is -0.368 e. The first-order valence-corrected chi connectivity index (χ1v) is 3.37. The Morgan fingerprint density at radius 1 is 1.27 bits per heavy atom. The molecule has 4 N–H and O–H groups in total. The predicted octanol–water partition coefficient (Wildman–Crippen LogP) is -0.707. The highest BCUT2D eigenvalue weighted by Gasteiger charge is 2.41. The molecule has 2 amide bonds. The maximum atomic E-state index is 10.8. The van der Waals surface area contributed by atoms with E-state index in [0.717, 1.165) is 0 Å². The Kier molecular flexibility index (Phi) is 1.68. The molecule has 60 valence electrons. The molecule has 0 spiro atoms. The van der Waals surface area contributed by atoms with Crippen molar-refractivity contribution < 1.29 is 9.59 Å². The van der Waals surface area contributed by atoms with E-state index in [1.807, 2.05) is 0 Å². The zero-order valence-electron chi connectivity index (χ0n) is 6.04. The van der Waals surface area contributed by atoms with Crippen LogP contribution in [-0.4, -0.2) is 11.8 Å². The molecule has 4 nitrogen and oxygen atoms in total. The van der Waals surface area contributed by atoms with Crippen LogP contribution in [0.3, 0.4) is 0 Å². The fourth-order valence-electron chi connectivity index (χ4n) is 1.21. The molecule has 1 aliphatic carbocycles. The van der Waals surface area contributed by atoms with Gasteiger partial charge in [0.1, 0.15) is 5.41 Å². The van der Waals surface area contributed by atoms with Crippen LogP contribution < -0.4 is 11.5 Å². The Bertz CT molecular complexity index is 219. The van der Waals surface area contributed by atoms with Crippen LogP contribution in [0.1, 0.15) is 12.8 Å². The largest absolute Gasteiger partial charge is 0.368 e. The Morgan fingerprint density at radius 2 is 1.82 bits per heavy atom. The fraction of sp³-hybridized carbons (Fsp3) is 0.429. The molecular weight excluding hydrogens is 144 g/mol. The molecule has 0 bridgehead atoms. The van der Waals surface area contributed by atoms with Gasteiger partial charge in [-0.15, -0.1) is 0 Å². The Balaban J connectivity index is 2.98. The minimum absolute atomic E-state index is 0.414. The number of amides is 2. The van der Waals surface area contributed by atoms with Crippen LogP contribution in [0.25, 0.3) is 0 Å². The van der Waals surface area contributed by atoms with Gasteiger partial charge < -0.3 is 11.5 Å². The van der Waals surface area contributed by atoms with Gasteiger partial charge in [-0.25, -0.2) is 0 Å². The molecule has 0 unspecified atom stereocenters. The lowest BCUT2D eigenvalue weighted by Gasteiger charge is -2.17. The van der Waals surface area contributed by atoms with Gasteiger partial charge >= 0.3 is 0 Å². The summed E-state index contributed by atoms with van der Waals surface area (Å²) in [5, 5.41) is 0. The number of hydrogen-bond acceptors (Lipinski definition) is 2. The number of allylic oxidation sites excluding steroid dienone is 1. The quantitative estimate of drug-likeness (QED) is 0.406. The summed E-state index contributed by atoms with van der Waals surface area (Å²) in [7, 11) is 0. The van der Waals surface area contributed by atoms with Gasteiger partial charge in [0.2, 0.25) is 11.8 Å². The van der Waals surface area contributed by atoms with Crippen LogP contribution in [0.15, 0.2) is 12.2 Å². The van der Waals surface area contributed by atoms with Crippen LogP contribution in [0.2, 0.25) is 0 Å². The fourth-order valence-corrected chi connectivity index (χ4v) is 1.21. The third-order valence-electron chi connectivity index (χ3n) is 1.99. The van der Waals surface area contributed by atoms with Crippen molar-refractivity contribution in [1.82, 2.24) is 0 Å². The van der Waals surface area contributed by atoms with Gasteiger partial charge in [-0.3, -0.25) is 9.59 Å². The Labute approximate surface area is 64.2 Å². The molecule has 4 heteroatoms. The van der Waals surface area contributed by atoms with Crippen molar-refractivity contribution in [1.29, 1.82) is 0 Å². The van der Waals surface area contributed by atoms with Gasteiger partial charge in [0.05, 0.1) is 0 Å². The first-order valence-electron chi connectivity index (χ1n) is 3.37. The molecule has 0 saturated carbocycles. The average molecular weight is 154 g/mol. The highest BCUT2D eigenvalue weighted by atomic mass is 16.2. The first kappa shape index (κ1) is 7.78. The van der Waals surface area contributed by atoms with Gasteiger partial charge in [0.15, 0.2) is 0 Å². The highest BCUT2D eigenvalue weighted by Crippen LogP contribution is 2.30. The van der Waals surface area contributed by atoms with E-state index in [-0.39, 0.29) is 0 Å². The van der Waals surface area contributed by atoms with Crippen molar-refractivity contribution in [2.45, 2.75) is 12.8 Å². The molecule has 0 aliphatic heterocycles. The van der Waals surface area contributed by atoms with Crippen molar-refractivity contribution >= 4 is 11.8 Å². The molecular formula is C7H10N2O2. The van der Waals surface area contributed by atoms with E-state index in [1.165, 1.54) is 6.08 Å². The normalized spacial score (nSPS) is 20.0. The summed E-state index contributed by atoms with van der Waals surface area (Å²) in [5.74, 6) is -1.31. The number of nitrogens with two attached hydrogens (primary N) is 2. The van der Waals surface area contributed by atoms with Crippen LogP contribution in [0.4, 0.5) is 0 Å². The molecule has 0 saturated heterocycles. The van der Waals surface area contributed by atoms with Gasteiger partial charge in [-0.2, -0.15) is 0 Å². The molecule has 1 rings (SSSR count). The second-order valence-electron chi connectivity index (χ2n) is 2.64. The third-order valence-corrected chi connectivity index (χ3v) is 1.99. The lowest BCUT2D eigenvalue weighted by atomic mass is 9.86. The van der Waals surface area contributed by atoms with E-state index in [9.17, 15) is 9.59 Å². The molecule has 11 heavy (non-hydrogen) atoms. The predicted molar refractivity (Wildman–Crippen MR) is 39.2 cm³/mol. The molecule has 0 fully saturated rings. The van der Waals surface area contributed by atoms with Gasteiger partial charge in [-0.05, 0) is 12.8 Å². The second-order valence-corrected chi connectivity index (χ2v) is 2.64. The minimum atomic E-state index is -1.21. The average Bonchev–Trinajstić information content (AvgIpc) is 2.34. The standard InChI is InChI=1S/C7H10N2O2/c8-5(10)7(6(9)11)3-1-2-4-7/h1,3H,2,4H2,(H2,8,10)(H2,9,11). The third kappa shape index (κ3) is 1.00. The topological polar surface area (TPSA) is 86.2 Å². The van der Waals surface area contributed by atoms with Gasteiger partial charge in [0.25, 0.3) is 0 Å². The molecule has 0 heterocycles. The summed E-state index contributed by atoms with van der Waals surface area (Å²) in [6, 6.07) is 0. The smallest absolute Gasteiger partial charge is 0.237 e. The summed E-state index contributed by atoms with van der Waals surface area (Å²) in [4.78, 5) is 21.7. The van der Waals surface area contributed by atoms with Crippen LogP contribution in [0, 0.1) is 5.41 Å². The number of carbonyl (C=O) groups excluding carboxylic acids is 2. The SMILES string of the molecule is NC(=O)C1(C(N)=O)C=CCC1. The summed E-state index contributed by atoms with van der Waals surface area (Å²) in [6.45, 7) is 0. The monoisotopic (exact) mass is 154 g/mol. The molecule has 1 aliphatic rings. The van der Waals surface area contributed by atoms with Crippen molar-refractivity contribution in [3.8, 4) is 0 Å². The molecule has 0 aromatic heterocycles. The zero-order chi connectivity index (χ0) is 8.48. The van der Waals surface area contributed by atoms with Crippen molar-refractivity contribution in [2.24, 2.45) is 16.9 Å². The van der Waals surface area contributed by atoms with E-state index in [4.69, 9.17) is 11.5 Å². The lowest BCUT2D eigenvalue weighted by molar-refractivity contribution is -0.136. The van der Waals surface area contributed by atoms with E-state index in [1.54, 1.807) is 6.08 Å². The van der Waals surface area contributed by atoms with E-state index in [0.29, 0.717) is 12.8 Å².